The summed E-state index contributed by atoms with van der Waals surface area (Å²) in [5.74, 6) is 0.283. The molecule has 0 amide bonds. The number of ketones is 1. The normalized spacial score (nSPS) is 10.3. The van der Waals surface area contributed by atoms with E-state index in [0.29, 0.717) is 6.42 Å². The van der Waals surface area contributed by atoms with Crippen molar-refractivity contribution in [3.63, 3.8) is 0 Å². The van der Waals surface area contributed by atoms with Crippen molar-refractivity contribution in [3.05, 3.63) is 34.9 Å². The second-order valence-corrected chi connectivity index (χ2v) is 4.40. The van der Waals surface area contributed by atoms with Gasteiger partial charge >= 0.3 is 0 Å². The molecule has 1 aromatic carbocycles. The summed E-state index contributed by atoms with van der Waals surface area (Å²) in [7, 11) is 3.42. The molecular weight excluding hydrogens is 203 g/mol. The number of benzene rings is 1. The standard InChI is InChI=1S/C13H18OP/c1-10-6-5-7-11(2)13(10)12(14)8-3-4-9-15/h5-7,15H,3-4,8-9H2,1-2H3/q-1. The lowest BCUT2D eigenvalue weighted by Gasteiger charge is -2.08. The van der Waals surface area contributed by atoms with Gasteiger partial charge in [-0.1, -0.05) is 24.6 Å². The molecule has 0 unspecified atom stereocenters. The van der Waals surface area contributed by atoms with E-state index in [1.165, 1.54) is 0 Å². The summed E-state index contributed by atoms with van der Waals surface area (Å²) < 4.78 is 0. The molecule has 0 aromatic heterocycles. The lowest BCUT2D eigenvalue weighted by Crippen LogP contribution is -2.04. The van der Waals surface area contributed by atoms with Gasteiger partial charge in [-0.3, -0.25) is 4.79 Å². The third kappa shape index (κ3) is 3.43. The molecule has 0 radical (unpaired) electrons. The molecule has 0 saturated heterocycles. The maximum absolute atomic E-state index is 11.9. The zero-order valence-corrected chi connectivity index (χ0v) is 10.5. The molecule has 1 aromatic rings. The Kier molecular flexibility index (Phi) is 4.98. The van der Waals surface area contributed by atoms with Gasteiger partial charge in [0.1, 0.15) is 0 Å². The Morgan fingerprint density at radius 1 is 1.20 bits per heavy atom. The fraction of sp³-hybridized carbons (Fsp3) is 0.462. The van der Waals surface area contributed by atoms with Crippen molar-refractivity contribution in [3.8, 4) is 0 Å². The Labute approximate surface area is 94.5 Å². The van der Waals surface area contributed by atoms with Crippen molar-refractivity contribution >= 4 is 15.0 Å². The molecule has 15 heavy (non-hydrogen) atoms. The zero-order chi connectivity index (χ0) is 11.3. The molecule has 0 saturated carbocycles. The van der Waals surface area contributed by atoms with Crippen LogP contribution in [0.1, 0.15) is 40.7 Å². The minimum atomic E-state index is 0.283. The van der Waals surface area contributed by atoms with Gasteiger partial charge in [0.25, 0.3) is 0 Å². The molecule has 0 fully saturated rings. The van der Waals surface area contributed by atoms with E-state index in [9.17, 15) is 4.79 Å². The second-order valence-electron chi connectivity index (χ2n) is 3.90. The van der Waals surface area contributed by atoms with Crippen molar-refractivity contribution < 1.29 is 4.79 Å². The summed E-state index contributed by atoms with van der Waals surface area (Å²) in [6.07, 6.45) is 3.67. The average Bonchev–Trinajstić information content (AvgIpc) is 2.18. The summed E-state index contributed by atoms with van der Waals surface area (Å²) >= 11 is 0. The number of aryl methyl sites for hydroxylation is 2. The van der Waals surface area contributed by atoms with Crippen LogP contribution in [0.4, 0.5) is 0 Å². The van der Waals surface area contributed by atoms with Crippen LogP contribution in [0.5, 0.6) is 0 Å². The maximum atomic E-state index is 11.9. The molecule has 82 valence electrons. The first-order valence-corrected chi connectivity index (χ1v) is 6.11. The van der Waals surface area contributed by atoms with Crippen molar-refractivity contribution in [2.24, 2.45) is 0 Å². The molecule has 2 heteroatoms. The van der Waals surface area contributed by atoms with Gasteiger partial charge in [0.05, 0.1) is 0 Å². The number of rotatable bonds is 5. The molecule has 0 aliphatic carbocycles. The van der Waals surface area contributed by atoms with Crippen molar-refractivity contribution in [1.82, 2.24) is 0 Å². The highest BCUT2D eigenvalue weighted by Gasteiger charge is 2.10. The highest BCUT2D eigenvalue weighted by atomic mass is 31.0. The molecule has 0 atom stereocenters. The van der Waals surface area contributed by atoms with Gasteiger partial charge in [-0.25, -0.2) is 0 Å². The lowest BCUT2D eigenvalue weighted by atomic mass is 9.96. The van der Waals surface area contributed by atoms with Crippen LogP contribution >= 0.6 is 9.24 Å². The van der Waals surface area contributed by atoms with E-state index >= 15 is 0 Å². The zero-order valence-electron chi connectivity index (χ0n) is 9.47. The minimum absolute atomic E-state index is 0.283. The summed E-state index contributed by atoms with van der Waals surface area (Å²) in [4.78, 5) is 11.9. The van der Waals surface area contributed by atoms with E-state index in [4.69, 9.17) is 0 Å². The first-order valence-electron chi connectivity index (χ1n) is 5.41. The summed E-state index contributed by atoms with van der Waals surface area (Å²) in [6.45, 7) is 4.01. The number of hydrogen-bond donors (Lipinski definition) is 0. The monoisotopic (exact) mass is 221 g/mol. The van der Waals surface area contributed by atoms with Gasteiger partial charge in [-0.15, -0.1) is 0 Å². The van der Waals surface area contributed by atoms with Gasteiger partial charge in [-0.05, 0) is 31.4 Å². The molecular formula is C13H18OP-. The third-order valence-electron chi connectivity index (χ3n) is 2.59. The summed E-state index contributed by atoms with van der Waals surface area (Å²) in [6, 6.07) is 6.01. The fourth-order valence-corrected chi connectivity index (χ4v) is 2.04. The van der Waals surface area contributed by atoms with E-state index in [-0.39, 0.29) is 5.78 Å². The van der Waals surface area contributed by atoms with Crippen LogP contribution in [-0.2, 0) is 0 Å². The largest absolute Gasteiger partial charge is 0.558 e. The van der Waals surface area contributed by atoms with E-state index in [1.54, 1.807) is 0 Å². The highest BCUT2D eigenvalue weighted by Crippen LogP contribution is 2.16. The van der Waals surface area contributed by atoms with Gasteiger partial charge in [0.2, 0.25) is 0 Å². The van der Waals surface area contributed by atoms with Crippen LogP contribution in [0.25, 0.3) is 0 Å². The Hall–Kier alpha value is -0.680. The van der Waals surface area contributed by atoms with E-state index in [1.807, 2.05) is 32.0 Å². The van der Waals surface area contributed by atoms with Crippen molar-refractivity contribution in [2.45, 2.75) is 33.1 Å². The van der Waals surface area contributed by atoms with Crippen LogP contribution in [0.2, 0.25) is 0 Å². The Balaban J connectivity index is 2.73. The Morgan fingerprint density at radius 2 is 1.80 bits per heavy atom. The lowest BCUT2D eigenvalue weighted by molar-refractivity contribution is 0.0978. The van der Waals surface area contributed by atoms with Gasteiger partial charge in [-0.2, -0.15) is 6.16 Å². The topological polar surface area (TPSA) is 17.1 Å². The molecule has 0 bridgehead atoms. The number of carbonyl (C=O) groups is 1. The van der Waals surface area contributed by atoms with E-state index < -0.39 is 0 Å². The van der Waals surface area contributed by atoms with Crippen LogP contribution < -0.4 is 0 Å². The summed E-state index contributed by atoms with van der Waals surface area (Å²) in [5, 5.41) is 0. The van der Waals surface area contributed by atoms with Gasteiger partial charge < -0.3 is 9.24 Å². The smallest absolute Gasteiger partial charge is 0.163 e. The Bertz CT molecular complexity index is 324. The SMILES string of the molecule is Cc1cccc(C)c1C(=O)CCCC[PH-]. The molecule has 0 N–H and O–H groups in total. The number of hydrogen-bond acceptors (Lipinski definition) is 1. The quantitative estimate of drug-likeness (QED) is 0.420. The van der Waals surface area contributed by atoms with Crippen molar-refractivity contribution in [2.75, 3.05) is 6.16 Å². The Morgan fingerprint density at radius 3 is 2.33 bits per heavy atom. The molecule has 1 nitrogen and oxygen atoms in total. The molecule has 0 spiro atoms. The number of unbranched alkanes of at least 4 members (excludes halogenated alkanes) is 1. The number of Topliss-reactive ketones (excluding diaryl/α,β-unsaturated/α-hetero) is 1. The molecule has 0 aliphatic heterocycles. The van der Waals surface area contributed by atoms with Gasteiger partial charge in [0, 0.05) is 12.0 Å². The predicted octanol–water partition coefficient (Wildman–Crippen LogP) is 3.80. The first kappa shape index (κ1) is 12.4. The van der Waals surface area contributed by atoms with E-state index in [2.05, 4.69) is 9.24 Å². The van der Waals surface area contributed by atoms with Crippen LogP contribution in [-0.4, -0.2) is 11.9 Å². The summed E-state index contributed by atoms with van der Waals surface area (Å²) in [5.41, 5.74) is 3.11. The molecule has 0 aliphatic rings. The van der Waals surface area contributed by atoms with Gasteiger partial charge in [0.15, 0.2) is 5.78 Å². The second kappa shape index (κ2) is 6.02. The highest BCUT2D eigenvalue weighted by molar-refractivity contribution is 7.16. The number of carbonyl (C=O) groups excluding carboxylic acids is 1. The van der Waals surface area contributed by atoms with Crippen LogP contribution in [0.15, 0.2) is 18.2 Å². The predicted molar refractivity (Wildman–Crippen MR) is 67.3 cm³/mol. The molecule has 1 rings (SSSR count). The minimum Gasteiger partial charge on any atom is -0.558 e. The fourth-order valence-electron chi connectivity index (χ4n) is 1.79. The van der Waals surface area contributed by atoms with Crippen LogP contribution in [0, 0.1) is 13.8 Å². The average molecular weight is 221 g/mol. The van der Waals surface area contributed by atoms with Crippen LogP contribution in [0.3, 0.4) is 0 Å². The maximum Gasteiger partial charge on any atom is 0.163 e. The third-order valence-corrected chi connectivity index (χ3v) is 2.94. The van der Waals surface area contributed by atoms with Crippen molar-refractivity contribution in [1.29, 1.82) is 0 Å². The van der Waals surface area contributed by atoms with E-state index in [0.717, 1.165) is 35.7 Å². The first-order chi connectivity index (χ1) is 7.16. The molecule has 0 heterocycles.